The van der Waals surface area contributed by atoms with Crippen molar-refractivity contribution in [2.75, 3.05) is 6.61 Å². The van der Waals surface area contributed by atoms with Gasteiger partial charge in [-0.15, -0.1) is 0 Å². The van der Waals surface area contributed by atoms with Crippen LogP contribution in [-0.4, -0.2) is 34.1 Å². The topological polar surface area (TPSA) is 49.7 Å². The largest absolute Gasteiger partial charge is 0.396 e. The second-order valence-corrected chi connectivity index (χ2v) is 14.9. The van der Waals surface area contributed by atoms with Crippen molar-refractivity contribution in [3.8, 4) is 0 Å². The van der Waals surface area contributed by atoms with E-state index < -0.39 is 5.60 Å². The third-order valence-corrected chi connectivity index (χ3v) is 11.0. The maximum atomic E-state index is 11.9. The molecule has 3 aliphatic carbocycles. The van der Waals surface area contributed by atoms with Crippen molar-refractivity contribution in [3.63, 3.8) is 0 Å². The van der Waals surface area contributed by atoms with Crippen LogP contribution < -0.4 is 0 Å². The van der Waals surface area contributed by atoms with Crippen LogP contribution in [-0.2, 0) is 4.74 Å². The van der Waals surface area contributed by atoms with Gasteiger partial charge in [0.2, 0.25) is 0 Å². The smallest absolute Gasteiger partial charge is 0.0700 e. The normalized spacial score (nSPS) is 44.3. The molecule has 0 aromatic carbocycles. The van der Waals surface area contributed by atoms with Crippen molar-refractivity contribution in [1.82, 2.24) is 0 Å². The number of aliphatic hydroxyl groups is 2. The molecule has 0 aromatic heterocycles. The zero-order chi connectivity index (χ0) is 25.5. The third-order valence-electron chi connectivity index (χ3n) is 11.0. The second kappa shape index (κ2) is 10.3. The molecule has 9 unspecified atom stereocenters. The summed E-state index contributed by atoms with van der Waals surface area (Å²) in [5.74, 6) is 3.63. The number of ether oxygens (including phenoxy) is 1. The monoisotopic (exact) mass is 478 g/mol. The molecule has 0 spiro atoms. The van der Waals surface area contributed by atoms with Gasteiger partial charge in [0.1, 0.15) is 0 Å². The summed E-state index contributed by atoms with van der Waals surface area (Å²) in [5, 5.41) is 22.6. The first-order chi connectivity index (χ1) is 15.6. The molecule has 0 aromatic rings. The van der Waals surface area contributed by atoms with Gasteiger partial charge < -0.3 is 14.9 Å². The first kappa shape index (κ1) is 28.5. The first-order valence-corrected chi connectivity index (χ1v) is 14.7. The van der Waals surface area contributed by atoms with Gasteiger partial charge in [-0.2, -0.15) is 0 Å². The Morgan fingerprint density at radius 1 is 0.912 bits per heavy atom. The molecule has 3 rings (SSSR count). The number of fused-ring (bicyclic) bond motifs is 1. The van der Waals surface area contributed by atoms with Crippen molar-refractivity contribution in [1.29, 1.82) is 0 Å². The molecule has 200 valence electrons. The molecule has 3 saturated carbocycles. The first-order valence-electron chi connectivity index (χ1n) is 14.7. The van der Waals surface area contributed by atoms with Crippen LogP contribution in [0.4, 0.5) is 0 Å². The van der Waals surface area contributed by atoms with Gasteiger partial charge in [-0.25, -0.2) is 0 Å². The summed E-state index contributed by atoms with van der Waals surface area (Å²) < 4.78 is 6.31. The lowest BCUT2D eigenvalue weighted by atomic mass is 9.47. The Kier molecular flexibility index (Phi) is 8.64. The Bertz CT molecular complexity index is 664. The van der Waals surface area contributed by atoms with Crippen LogP contribution in [0, 0.1) is 46.3 Å². The van der Waals surface area contributed by atoms with E-state index in [1.54, 1.807) is 0 Å². The summed E-state index contributed by atoms with van der Waals surface area (Å²) in [5.41, 5.74) is -0.773. The Morgan fingerprint density at radius 3 is 2.15 bits per heavy atom. The number of hydrogen-bond acceptors (Lipinski definition) is 3. The molecule has 0 radical (unpaired) electrons. The average Bonchev–Trinajstić information content (AvgIpc) is 3.05. The summed E-state index contributed by atoms with van der Waals surface area (Å²) in [6.07, 6.45) is 11.8. The molecule has 3 fully saturated rings. The van der Waals surface area contributed by atoms with Crippen molar-refractivity contribution in [3.05, 3.63) is 0 Å². The van der Waals surface area contributed by atoms with Crippen LogP contribution in [0.2, 0.25) is 0 Å². The Morgan fingerprint density at radius 2 is 1.59 bits per heavy atom. The Labute approximate surface area is 211 Å². The molecule has 3 aliphatic rings. The summed E-state index contributed by atoms with van der Waals surface area (Å²) >= 11 is 0. The van der Waals surface area contributed by atoms with Crippen LogP contribution in [0.25, 0.3) is 0 Å². The summed E-state index contributed by atoms with van der Waals surface area (Å²) in [4.78, 5) is 0. The van der Waals surface area contributed by atoms with Crippen molar-refractivity contribution in [2.24, 2.45) is 46.3 Å². The molecule has 2 N–H and O–H groups in total. The highest BCUT2D eigenvalue weighted by Gasteiger charge is 2.61. The van der Waals surface area contributed by atoms with E-state index in [1.165, 1.54) is 38.5 Å². The summed E-state index contributed by atoms with van der Waals surface area (Å²) in [6.45, 7) is 20.7. The van der Waals surface area contributed by atoms with Gasteiger partial charge >= 0.3 is 0 Å². The quantitative estimate of drug-likeness (QED) is 0.377. The minimum Gasteiger partial charge on any atom is -0.396 e. The molecule has 34 heavy (non-hydrogen) atoms. The average molecular weight is 479 g/mol. The number of hydrogen-bond donors (Lipinski definition) is 2. The van der Waals surface area contributed by atoms with E-state index in [2.05, 4.69) is 62.3 Å². The zero-order valence-corrected chi connectivity index (χ0v) is 24.1. The van der Waals surface area contributed by atoms with Gasteiger partial charge in [-0.05, 0) is 113 Å². The molecule has 0 amide bonds. The Hall–Kier alpha value is -0.120. The van der Waals surface area contributed by atoms with E-state index in [-0.39, 0.29) is 23.7 Å². The van der Waals surface area contributed by atoms with E-state index in [0.717, 1.165) is 37.0 Å². The van der Waals surface area contributed by atoms with Crippen LogP contribution in [0.1, 0.15) is 127 Å². The van der Waals surface area contributed by atoms with E-state index in [1.807, 2.05) is 0 Å². The lowest BCUT2D eigenvalue weighted by Gasteiger charge is -2.60. The molecule has 0 saturated heterocycles. The fraction of sp³-hybridized carbons (Fsp3) is 1.00. The highest BCUT2D eigenvalue weighted by Crippen LogP contribution is 2.65. The second-order valence-electron chi connectivity index (χ2n) is 14.9. The van der Waals surface area contributed by atoms with Gasteiger partial charge in [-0.1, -0.05) is 53.9 Å². The van der Waals surface area contributed by atoms with E-state index >= 15 is 0 Å². The maximum Gasteiger partial charge on any atom is 0.0700 e. The molecular weight excluding hydrogens is 420 g/mol. The molecule has 9 atom stereocenters. The highest BCUT2D eigenvalue weighted by atomic mass is 16.5. The van der Waals surface area contributed by atoms with Gasteiger partial charge in [0.25, 0.3) is 0 Å². The van der Waals surface area contributed by atoms with Crippen LogP contribution in [0.3, 0.4) is 0 Å². The van der Waals surface area contributed by atoms with Crippen molar-refractivity contribution < 1.29 is 14.9 Å². The summed E-state index contributed by atoms with van der Waals surface area (Å²) in [7, 11) is 0. The van der Waals surface area contributed by atoms with Crippen molar-refractivity contribution >= 4 is 0 Å². The fourth-order valence-electron chi connectivity index (χ4n) is 9.05. The summed E-state index contributed by atoms with van der Waals surface area (Å²) in [6, 6.07) is 0. The molecule has 0 aliphatic heterocycles. The highest BCUT2D eigenvalue weighted by molar-refractivity contribution is 5.10. The van der Waals surface area contributed by atoms with Gasteiger partial charge in [0.15, 0.2) is 0 Å². The predicted octanol–water partition coefficient (Wildman–Crippen LogP) is 7.62. The van der Waals surface area contributed by atoms with Crippen LogP contribution >= 0.6 is 0 Å². The fourth-order valence-corrected chi connectivity index (χ4v) is 9.05. The standard InChI is InChI=1S/C31H58O3/c1-21(2)11-10-12-22(3)25-13-14-26-24(20-32)27(16-17-29(25,26)7)30(8)18-15-23(19-31(30,9)33)34-28(4,5)6/h21-27,32-33H,10-20H2,1-9H3. The van der Waals surface area contributed by atoms with Crippen molar-refractivity contribution in [2.45, 2.75) is 144 Å². The molecule has 3 heteroatoms. The lowest BCUT2D eigenvalue weighted by Crippen LogP contribution is -2.59. The van der Waals surface area contributed by atoms with Crippen LogP contribution in [0.5, 0.6) is 0 Å². The van der Waals surface area contributed by atoms with Gasteiger partial charge in [-0.3, -0.25) is 0 Å². The molecule has 0 heterocycles. The predicted molar refractivity (Wildman–Crippen MR) is 143 cm³/mol. The molecule has 3 nitrogen and oxygen atoms in total. The third kappa shape index (κ3) is 5.57. The number of rotatable bonds is 8. The Balaban J connectivity index is 1.75. The minimum atomic E-state index is -0.769. The number of aliphatic hydroxyl groups excluding tert-OH is 1. The van der Waals surface area contributed by atoms with E-state index in [0.29, 0.717) is 29.6 Å². The minimum absolute atomic E-state index is 0.118. The van der Waals surface area contributed by atoms with E-state index in [9.17, 15) is 10.2 Å². The molecular formula is C31H58O3. The maximum absolute atomic E-state index is 11.9. The zero-order valence-electron chi connectivity index (χ0n) is 24.1. The van der Waals surface area contributed by atoms with Gasteiger partial charge in [0, 0.05) is 13.0 Å². The SMILES string of the molecule is CC(C)CCCC(C)C1CCC2C(CO)C(C3(C)CCC(OC(C)(C)C)CC3(C)O)CCC12C. The van der Waals surface area contributed by atoms with Gasteiger partial charge in [0.05, 0.1) is 17.3 Å². The lowest BCUT2D eigenvalue weighted by molar-refractivity contribution is -0.203. The van der Waals surface area contributed by atoms with Crippen LogP contribution in [0.15, 0.2) is 0 Å². The van der Waals surface area contributed by atoms with E-state index in [4.69, 9.17) is 4.74 Å². The molecule has 0 bridgehead atoms.